The second kappa shape index (κ2) is 19.6. The summed E-state index contributed by atoms with van der Waals surface area (Å²) in [5.41, 5.74) is 1.02. The molecule has 0 heterocycles. The summed E-state index contributed by atoms with van der Waals surface area (Å²) in [5.74, 6) is 1.42. The van der Waals surface area contributed by atoms with Crippen molar-refractivity contribution in [2.75, 3.05) is 38.8 Å². The van der Waals surface area contributed by atoms with E-state index in [9.17, 15) is 0 Å². The van der Waals surface area contributed by atoms with E-state index >= 15 is 0 Å². The maximum atomic E-state index is 8.96. The minimum Gasteiger partial charge on any atom is -0.493 e. The zero-order valence-corrected chi connectivity index (χ0v) is 16.1. The third-order valence-corrected chi connectivity index (χ3v) is 2.48. The van der Waals surface area contributed by atoms with Crippen molar-refractivity contribution in [3.05, 3.63) is 18.2 Å². The fraction of sp³-hybridized carbons (Fsp3) is 0.667. The Morgan fingerprint density at radius 3 is 1.77 bits per heavy atom. The summed E-state index contributed by atoms with van der Waals surface area (Å²) in [6.45, 7) is 15.6. The molecule has 1 N–H and O–H groups in total. The van der Waals surface area contributed by atoms with Gasteiger partial charge < -0.3 is 19.5 Å². The molecule has 0 atom stereocenters. The van der Waals surface area contributed by atoms with Gasteiger partial charge in [0.1, 0.15) is 0 Å². The Morgan fingerprint density at radius 2 is 1.41 bits per heavy atom. The number of ether oxygens (including phenoxy) is 2. The van der Waals surface area contributed by atoms with Crippen LogP contribution in [0.1, 0.15) is 48.5 Å². The predicted molar refractivity (Wildman–Crippen MR) is 98.6 cm³/mol. The van der Waals surface area contributed by atoms with Crippen LogP contribution in [0.5, 0.6) is 11.5 Å². The Labute approximate surface area is 138 Å². The van der Waals surface area contributed by atoms with Crippen LogP contribution < -0.4 is 14.4 Å². The van der Waals surface area contributed by atoms with Crippen molar-refractivity contribution in [3.8, 4) is 11.5 Å². The van der Waals surface area contributed by atoms with E-state index in [-0.39, 0.29) is 6.61 Å². The molecule has 0 fully saturated rings. The molecule has 0 saturated carbocycles. The van der Waals surface area contributed by atoms with E-state index in [1.54, 1.807) is 14.2 Å². The smallest absolute Gasteiger partial charge is 0.162 e. The number of aliphatic hydroxyl groups is 1. The standard InChI is InChI=1S/C12H19NO3.3C2H6/c1-4-13(7-8-14)10-5-6-11(15-2)12(9-10)16-3;3*1-2/h5-6,9,14H,4,7-8H2,1-3H3;3*1-2H3. The van der Waals surface area contributed by atoms with Crippen LogP contribution in [0.4, 0.5) is 5.69 Å². The lowest BCUT2D eigenvalue weighted by atomic mass is 10.2. The van der Waals surface area contributed by atoms with Crippen molar-refractivity contribution in [1.82, 2.24) is 0 Å². The molecule has 0 spiro atoms. The highest BCUT2D eigenvalue weighted by Crippen LogP contribution is 2.31. The van der Waals surface area contributed by atoms with Crippen LogP contribution in [0.2, 0.25) is 0 Å². The van der Waals surface area contributed by atoms with Gasteiger partial charge in [-0.15, -0.1) is 0 Å². The van der Waals surface area contributed by atoms with Crippen molar-refractivity contribution in [2.45, 2.75) is 48.5 Å². The Morgan fingerprint density at radius 1 is 0.909 bits per heavy atom. The number of hydrogen-bond donors (Lipinski definition) is 1. The first-order chi connectivity index (χ1) is 10.8. The van der Waals surface area contributed by atoms with Gasteiger partial charge in [0, 0.05) is 24.8 Å². The molecule has 4 nitrogen and oxygen atoms in total. The van der Waals surface area contributed by atoms with Crippen molar-refractivity contribution in [2.24, 2.45) is 0 Å². The molecule has 0 radical (unpaired) electrons. The minimum absolute atomic E-state index is 0.141. The Kier molecular flexibility index (Phi) is 22.7. The lowest BCUT2D eigenvalue weighted by Gasteiger charge is -2.23. The monoisotopic (exact) mass is 315 g/mol. The van der Waals surface area contributed by atoms with Gasteiger partial charge in [0.05, 0.1) is 20.8 Å². The third kappa shape index (κ3) is 9.50. The highest BCUT2D eigenvalue weighted by atomic mass is 16.5. The summed E-state index contributed by atoms with van der Waals surface area (Å²) < 4.78 is 10.4. The molecule has 0 aliphatic carbocycles. The normalized spacial score (nSPS) is 8.09. The first kappa shape index (κ1) is 25.5. The van der Waals surface area contributed by atoms with Crippen LogP contribution >= 0.6 is 0 Å². The molecule has 1 aromatic rings. The van der Waals surface area contributed by atoms with Gasteiger partial charge in [0.25, 0.3) is 0 Å². The van der Waals surface area contributed by atoms with E-state index in [4.69, 9.17) is 14.6 Å². The van der Waals surface area contributed by atoms with Gasteiger partial charge >= 0.3 is 0 Å². The van der Waals surface area contributed by atoms with Crippen LogP contribution in [0.3, 0.4) is 0 Å². The summed E-state index contributed by atoms with van der Waals surface area (Å²) in [4.78, 5) is 2.07. The zero-order chi connectivity index (χ0) is 18.0. The Hall–Kier alpha value is -1.42. The predicted octanol–water partition coefficient (Wildman–Crippen LogP) is 4.60. The number of likely N-dealkylation sites (N-methyl/N-ethyl adjacent to an activating group) is 1. The fourth-order valence-corrected chi connectivity index (χ4v) is 1.61. The number of hydrogen-bond acceptors (Lipinski definition) is 4. The van der Waals surface area contributed by atoms with Crippen LogP contribution in [0.25, 0.3) is 0 Å². The third-order valence-electron chi connectivity index (χ3n) is 2.48. The first-order valence-electron chi connectivity index (χ1n) is 8.34. The summed E-state index contributed by atoms with van der Waals surface area (Å²) in [7, 11) is 3.23. The van der Waals surface area contributed by atoms with E-state index < -0.39 is 0 Å². The number of rotatable bonds is 6. The number of nitrogens with zero attached hydrogens (tertiary/aromatic N) is 1. The molecule has 0 amide bonds. The topological polar surface area (TPSA) is 41.9 Å². The van der Waals surface area contributed by atoms with Crippen LogP contribution in [-0.2, 0) is 0 Å². The van der Waals surface area contributed by atoms with E-state index in [1.165, 1.54) is 0 Å². The summed E-state index contributed by atoms with van der Waals surface area (Å²) in [5, 5.41) is 8.96. The molecule has 22 heavy (non-hydrogen) atoms. The van der Waals surface area contributed by atoms with E-state index in [0.717, 1.165) is 12.2 Å². The van der Waals surface area contributed by atoms with Crippen LogP contribution in [0.15, 0.2) is 18.2 Å². The minimum atomic E-state index is 0.141. The maximum Gasteiger partial charge on any atom is 0.162 e. The quantitative estimate of drug-likeness (QED) is 0.833. The number of anilines is 1. The largest absolute Gasteiger partial charge is 0.493 e. The summed E-state index contributed by atoms with van der Waals surface area (Å²) >= 11 is 0. The molecule has 1 aromatic carbocycles. The summed E-state index contributed by atoms with van der Waals surface area (Å²) in [6.07, 6.45) is 0. The van der Waals surface area contributed by atoms with Gasteiger partial charge in [0.2, 0.25) is 0 Å². The van der Waals surface area contributed by atoms with Gasteiger partial charge in [-0.2, -0.15) is 0 Å². The van der Waals surface area contributed by atoms with Crippen molar-refractivity contribution in [3.63, 3.8) is 0 Å². The lowest BCUT2D eigenvalue weighted by molar-refractivity contribution is 0.302. The SMILES string of the molecule is CC.CC.CC.CCN(CCO)c1ccc(OC)c(OC)c1. The van der Waals surface area contributed by atoms with Gasteiger partial charge in [-0.1, -0.05) is 41.5 Å². The van der Waals surface area contributed by atoms with E-state index in [0.29, 0.717) is 18.0 Å². The van der Waals surface area contributed by atoms with E-state index in [1.807, 2.05) is 66.7 Å². The Bertz CT molecular complexity index is 330. The molecular formula is C18H37NO3. The van der Waals surface area contributed by atoms with Gasteiger partial charge in [-0.25, -0.2) is 0 Å². The van der Waals surface area contributed by atoms with Crippen molar-refractivity contribution in [1.29, 1.82) is 0 Å². The highest BCUT2D eigenvalue weighted by Gasteiger charge is 2.08. The molecule has 0 unspecified atom stereocenters. The van der Waals surface area contributed by atoms with Gasteiger partial charge in [0.15, 0.2) is 11.5 Å². The lowest BCUT2D eigenvalue weighted by Crippen LogP contribution is -2.26. The average Bonchev–Trinajstić information content (AvgIpc) is 2.64. The average molecular weight is 315 g/mol. The summed E-state index contributed by atoms with van der Waals surface area (Å²) in [6, 6.07) is 5.74. The fourth-order valence-electron chi connectivity index (χ4n) is 1.61. The number of benzene rings is 1. The molecule has 0 saturated heterocycles. The molecule has 0 aliphatic heterocycles. The number of methoxy groups -OCH3 is 2. The molecule has 4 heteroatoms. The van der Waals surface area contributed by atoms with Crippen molar-refractivity contribution < 1.29 is 14.6 Å². The molecular weight excluding hydrogens is 278 g/mol. The first-order valence-corrected chi connectivity index (χ1v) is 8.34. The highest BCUT2D eigenvalue weighted by molar-refractivity contribution is 5.56. The zero-order valence-electron chi connectivity index (χ0n) is 16.1. The molecule has 132 valence electrons. The van der Waals surface area contributed by atoms with E-state index in [2.05, 4.69) is 4.90 Å². The van der Waals surface area contributed by atoms with Gasteiger partial charge in [-0.3, -0.25) is 0 Å². The second-order valence-corrected chi connectivity index (χ2v) is 3.34. The van der Waals surface area contributed by atoms with Crippen LogP contribution in [0, 0.1) is 0 Å². The second-order valence-electron chi connectivity index (χ2n) is 3.34. The van der Waals surface area contributed by atoms with Crippen LogP contribution in [-0.4, -0.2) is 39.0 Å². The maximum absolute atomic E-state index is 8.96. The molecule has 1 rings (SSSR count). The molecule has 0 aromatic heterocycles. The Balaban J connectivity index is -0.000000535. The van der Waals surface area contributed by atoms with Crippen molar-refractivity contribution >= 4 is 5.69 Å². The number of aliphatic hydroxyl groups excluding tert-OH is 1. The molecule has 0 aliphatic rings. The van der Waals surface area contributed by atoms with Gasteiger partial charge in [-0.05, 0) is 19.1 Å². The molecule has 0 bridgehead atoms.